The van der Waals surface area contributed by atoms with Gasteiger partial charge in [0, 0.05) is 18.2 Å². The topological polar surface area (TPSA) is 86.2 Å². The molecule has 0 fully saturated rings. The predicted molar refractivity (Wildman–Crippen MR) is 65.8 cm³/mol. The number of rotatable bonds is 4. The maximum Gasteiger partial charge on any atom is 0.389 e. The zero-order valence-electron chi connectivity index (χ0n) is 10.1. The number of fused-ring (bicyclic) bond motifs is 1. The highest BCUT2D eigenvalue weighted by atomic mass is 32.2. The summed E-state index contributed by atoms with van der Waals surface area (Å²) in [5, 5.41) is -0.583. The molecule has 1 aromatic heterocycles. The molecule has 0 bridgehead atoms. The van der Waals surface area contributed by atoms with Gasteiger partial charge in [0.1, 0.15) is 5.52 Å². The first kappa shape index (κ1) is 14.6. The van der Waals surface area contributed by atoms with Crippen molar-refractivity contribution in [1.29, 1.82) is 0 Å². The van der Waals surface area contributed by atoms with Gasteiger partial charge in [-0.05, 0) is 18.6 Å². The second-order valence-electron chi connectivity index (χ2n) is 4.24. The largest absolute Gasteiger partial charge is 0.428 e. The van der Waals surface area contributed by atoms with Crippen LogP contribution in [0.4, 0.5) is 18.9 Å². The highest BCUT2D eigenvalue weighted by Crippen LogP contribution is 2.25. The van der Waals surface area contributed by atoms with Crippen LogP contribution in [0.3, 0.4) is 0 Å². The third-order valence-corrected chi connectivity index (χ3v) is 4.07. The Morgan fingerprint density at radius 1 is 1.30 bits per heavy atom. The van der Waals surface area contributed by atoms with Crippen LogP contribution in [0.1, 0.15) is 12.8 Å². The molecule has 0 aliphatic rings. The van der Waals surface area contributed by atoms with Gasteiger partial charge in [-0.2, -0.15) is 18.2 Å². The van der Waals surface area contributed by atoms with E-state index in [1.165, 1.54) is 18.2 Å². The Kier molecular flexibility index (Phi) is 3.63. The van der Waals surface area contributed by atoms with Gasteiger partial charge in [-0.15, -0.1) is 0 Å². The third-order valence-electron chi connectivity index (χ3n) is 2.53. The first-order valence-electron chi connectivity index (χ1n) is 5.63. The van der Waals surface area contributed by atoms with Crippen molar-refractivity contribution < 1.29 is 26.0 Å². The van der Waals surface area contributed by atoms with Gasteiger partial charge in [0.25, 0.3) is 0 Å². The Morgan fingerprint density at radius 2 is 2.00 bits per heavy atom. The molecular formula is C11H11F3N2O3S. The molecule has 1 heterocycles. The summed E-state index contributed by atoms with van der Waals surface area (Å²) in [5.41, 5.74) is 6.34. The lowest BCUT2D eigenvalue weighted by molar-refractivity contribution is -0.134. The predicted octanol–water partition coefficient (Wildman–Crippen LogP) is 2.53. The lowest BCUT2D eigenvalue weighted by Gasteiger charge is -2.04. The molecule has 5 nitrogen and oxygen atoms in total. The van der Waals surface area contributed by atoms with Gasteiger partial charge in [-0.3, -0.25) is 0 Å². The molecule has 110 valence electrons. The fourth-order valence-electron chi connectivity index (χ4n) is 1.60. The number of oxazole rings is 1. The lowest BCUT2D eigenvalue weighted by atomic mass is 10.3. The molecule has 0 unspecified atom stereocenters. The Hall–Kier alpha value is -1.77. The normalized spacial score (nSPS) is 12.9. The first-order valence-corrected chi connectivity index (χ1v) is 7.28. The molecule has 2 N–H and O–H groups in total. The summed E-state index contributed by atoms with van der Waals surface area (Å²) in [5.74, 6) is -0.672. The number of hydrogen-bond acceptors (Lipinski definition) is 5. The number of halogens is 3. The van der Waals surface area contributed by atoms with E-state index in [-0.39, 0.29) is 11.1 Å². The molecule has 1 aromatic carbocycles. The van der Waals surface area contributed by atoms with Crippen LogP contribution in [0, 0.1) is 0 Å². The molecule has 20 heavy (non-hydrogen) atoms. The summed E-state index contributed by atoms with van der Waals surface area (Å²) in [4.78, 5) is 3.75. The highest BCUT2D eigenvalue weighted by Gasteiger charge is 2.29. The minimum Gasteiger partial charge on any atom is -0.428 e. The average molecular weight is 308 g/mol. The fraction of sp³-hybridized carbons (Fsp3) is 0.364. The third kappa shape index (κ3) is 3.41. The molecule has 2 aromatic rings. The van der Waals surface area contributed by atoms with E-state index in [0.717, 1.165) is 0 Å². The molecule has 0 aliphatic heterocycles. The molecule has 0 atom stereocenters. The van der Waals surface area contributed by atoms with Crippen molar-refractivity contribution in [3.63, 3.8) is 0 Å². The number of benzene rings is 1. The van der Waals surface area contributed by atoms with Crippen LogP contribution in [0.5, 0.6) is 0 Å². The molecule has 0 amide bonds. The summed E-state index contributed by atoms with van der Waals surface area (Å²) >= 11 is 0. The number of nitrogen functional groups attached to an aromatic ring is 1. The number of sulfone groups is 1. The zero-order chi connectivity index (χ0) is 15.0. The maximum atomic E-state index is 12.0. The van der Waals surface area contributed by atoms with Crippen molar-refractivity contribution >= 4 is 26.6 Å². The number of anilines is 1. The van der Waals surface area contributed by atoms with Crippen LogP contribution in [0.15, 0.2) is 27.8 Å². The van der Waals surface area contributed by atoms with Gasteiger partial charge in [0.2, 0.25) is 9.84 Å². The van der Waals surface area contributed by atoms with Gasteiger partial charge in [-0.25, -0.2) is 8.42 Å². The van der Waals surface area contributed by atoms with E-state index in [4.69, 9.17) is 10.2 Å². The van der Waals surface area contributed by atoms with Crippen molar-refractivity contribution in [2.45, 2.75) is 24.2 Å². The molecule has 0 radical (unpaired) electrons. The Balaban J connectivity index is 2.19. The van der Waals surface area contributed by atoms with Gasteiger partial charge >= 0.3 is 11.4 Å². The standard InChI is InChI=1S/C11H11F3N2O3S/c12-11(13,14)4-1-5-20(17,18)10-16-8-3-2-7(15)6-9(8)19-10/h2-3,6H,1,4-5,15H2. The van der Waals surface area contributed by atoms with Crippen molar-refractivity contribution in [2.24, 2.45) is 0 Å². The summed E-state index contributed by atoms with van der Waals surface area (Å²) < 4.78 is 64.7. The van der Waals surface area contributed by atoms with E-state index in [1.807, 2.05) is 0 Å². The number of hydrogen-bond donors (Lipinski definition) is 1. The Morgan fingerprint density at radius 3 is 2.65 bits per heavy atom. The van der Waals surface area contributed by atoms with Crippen LogP contribution in [-0.2, 0) is 9.84 Å². The van der Waals surface area contributed by atoms with Crippen molar-refractivity contribution in [1.82, 2.24) is 4.98 Å². The number of aromatic nitrogens is 1. The van der Waals surface area contributed by atoms with Crippen molar-refractivity contribution in [3.05, 3.63) is 18.2 Å². The molecular weight excluding hydrogens is 297 g/mol. The zero-order valence-corrected chi connectivity index (χ0v) is 11.0. The summed E-state index contributed by atoms with van der Waals surface area (Å²) in [6, 6.07) is 4.39. The van der Waals surface area contributed by atoms with Gasteiger partial charge in [0.05, 0.1) is 5.75 Å². The minimum atomic E-state index is -4.38. The highest BCUT2D eigenvalue weighted by molar-refractivity contribution is 7.91. The van der Waals surface area contributed by atoms with Gasteiger partial charge in [0.15, 0.2) is 5.58 Å². The fourth-order valence-corrected chi connectivity index (χ4v) is 2.76. The average Bonchev–Trinajstić information content (AvgIpc) is 2.70. The van der Waals surface area contributed by atoms with Gasteiger partial charge in [-0.1, -0.05) is 0 Å². The van der Waals surface area contributed by atoms with E-state index in [9.17, 15) is 21.6 Å². The van der Waals surface area contributed by atoms with Crippen LogP contribution in [0.2, 0.25) is 0 Å². The smallest absolute Gasteiger partial charge is 0.389 e. The number of nitrogens with two attached hydrogens (primary N) is 1. The van der Waals surface area contributed by atoms with Crippen LogP contribution in [-0.4, -0.2) is 25.3 Å². The lowest BCUT2D eigenvalue weighted by Crippen LogP contribution is -2.12. The monoisotopic (exact) mass is 308 g/mol. The number of nitrogens with zero attached hydrogens (tertiary/aromatic N) is 1. The van der Waals surface area contributed by atoms with Crippen molar-refractivity contribution in [2.75, 3.05) is 11.5 Å². The van der Waals surface area contributed by atoms with E-state index < -0.39 is 39.8 Å². The second-order valence-corrected chi connectivity index (χ2v) is 6.23. The van der Waals surface area contributed by atoms with Crippen LogP contribution < -0.4 is 5.73 Å². The maximum absolute atomic E-state index is 12.0. The Bertz CT molecular complexity index is 722. The summed E-state index contributed by atoms with van der Waals surface area (Å²) in [6.07, 6.45) is -6.09. The molecule has 0 saturated heterocycles. The van der Waals surface area contributed by atoms with E-state index in [2.05, 4.69) is 4.98 Å². The SMILES string of the molecule is Nc1ccc2nc(S(=O)(=O)CCCC(F)(F)F)oc2c1. The molecule has 0 aliphatic carbocycles. The summed E-state index contributed by atoms with van der Waals surface area (Å²) in [6.45, 7) is 0. The summed E-state index contributed by atoms with van der Waals surface area (Å²) in [7, 11) is -3.98. The molecule has 2 rings (SSSR count). The van der Waals surface area contributed by atoms with E-state index >= 15 is 0 Å². The first-order chi connectivity index (χ1) is 9.17. The van der Waals surface area contributed by atoms with E-state index in [1.54, 1.807) is 0 Å². The Labute approximate surface area is 112 Å². The van der Waals surface area contributed by atoms with Gasteiger partial charge < -0.3 is 10.2 Å². The quantitative estimate of drug-likeness (QED) is 0.877. The minimum absolute atomic E-state index is 0.180. The van der Waals surface area contributed by atoms with E-state index in [0.29, 0.717) is 5.69 Å². The van der Waals surface area contributed by atoms with Crippen molar-refractivity contribution in [3.8, 4) is 0 Å². The second kappa shape index (κ2) is 4.97. The molecule has 9 heteroatoms. The molecule has 0 spiro atoms. The van der Waals surface area contributed by atoms with Crippen LogP contribution in [0.25, 0.3) is 11.1 Å². The molecule has 0 saturated carbocycles. The number of alkyl halides is 3. The van der Waals surface area contributed by atoms with Crippen LogP contribution >= 0.6 is 0 Å².